The highest BCUT2D eigenvalue weighted by atomic mass is 16.2. The van der Waals surface area contributed by atoms with Gasteiger partial charge in [0.25, 0.3) is 0 Å². The second-order valence-corrected chi connectivity index (χ2v) is 2.17. The van der Waals surface area contributed by atoms with E-state index in [1.54, 1.807) is 0 Å². The first-order valence-corrected chi connectivity index (χ1v) is 3.06. The van der Waals surface area contributed by atoms with Crippen molar-refractivity contribution >= 4 is 5.91 Å². The molecule has 1 rings (SSSR count). The summed E-state index contributed by atoms with van der Waals surface area (Å²) in [6.45, 7) is 1.97. The molecule has 48 valence electrons. The summed E-state index contributed by atoms with van der Waals surface area (Å²) in [5.74, 6) is 2.68. The molecule has 1 heterocycles. The summed E-state index contributed by atoms with van der Waals surface area (Å²) in [4.78, 5) is 10.6. The van der Waals surface area contributed by atoms with Crippen molar-refractivity contribution in [2.45, 2.75) is 19.4 Å². The molecule has 0 radical (unpaired) electrons. The molecule has 0 saturated carbocycles. The van der Waals surface area contributed by atoms with Crippen LogP contribution in [0.3, 0.4) is 0 Å². The molecular formula is C7H9NO. The van der Waals surface area contributed by atoms with E-state index in [-0.39, 0.29) is 17.9 Å². The molecule has 0 aromatic heterocycles. The SMILES string of the molecule is C#CC1NC(=O)C1CC. The maximum atomic E-state index is 10.6. The average molecular weight is 123 g/mol. The van der Waals surface area contributed by atoms with Gasteiger partial charge < -0.3 is 5.32 Å². The third-order valence-corrected chi connectivity index (χ3v) is 1.66. The van der Waals surface area contributed by atoms with Crippen LogP contribution in [0.5, 0.6) is 0 Å². The molecule has 0 aromatic rings. The first-order chi connectivity index (χ1) is 4.29. The molecule has 2 atom stereocenters. The fourth-order valence-electron chi connectivity index (χ4n) is 0.995. The van der Waals surface area contributed by atoms with Gasteiger partial charge in [0.2, 0.25) is 5.91 Å². The Kier molecular flexibility index (Phi) is 1.44. The van der Waals surface area contributed by atoms with Crippen LogP contribution in [0.25, 0.3) is 0 Å². The molecule has 0 aromatic carbocycles. The van der Waals surface area contributed by atoms with Crippen molar-refractivity contribution in [3.63, 3.8) is 0 Å². The fourth-order valence-corrected chi connectivity index (χ4v) is 0.995. The van der Waals surface area contributed by atoms with E-state index in [1.807, 2.05) is 6.92 Å². The van der Waals surface area contributed by atoms with Crippen LogP contribution in [0.15, 0.2) is 0 Å². The molecule has 0 bridgehead atoms. The molecular weight excluding hydrogens is 114 g/mol. The van der Waals surface area contributed by atoms with Gasteiger partial charge in [0.1, 0.15) is 6.04 Å². The molecule has 1 N–H and O–H groups in total. The van der Waals surface area contributed by atoms with Crippen LogP contribution in [-0.2, 0) is 4.79 Å². The molecule has 2 nitrogen and oxygen atoms in total. The molecule has 9 heavy (non-hydrogen) atoms. The van der Waals surface area contributed by atoms with Gasteiger partial charge in [-0.15, -0.1) is 6.42 Å². The van der Waals surface area contributed by atoms with E-state index in [0.717, 1.165) is 6.42 Å². The topological polar surface area (TPSA) is 29.1 Å². The molecule has 1 amide bonds. The summed E-state index contributed by atoms with van der Waals surface area (Å²) in [7, 11) is 0. The van der Waals surface area contributed by atoms with Crippen molar-refractivity contribution in [2.75, 3.05) is 0 Å². The molecule has 0 aliphatic carbocycles. The molecule has 0 spiro atoms. The highest BCUT2D eigenvalue weighted by Crippen LogP contribution is 2.16. The van der Waals surface area contributed by atoms with E-state index in [9.17, 15) is 4.79 Å². The van der Waals surface area contributed by atoms with E-state index in [0.29, 0.717) is 0 Å². The monoisotopic (exact) mass is 123 g/mol. The van der Waals surface area contributed by atoms with Crippen molar-refractivity contribution in [3.05, 3.63) is 0 Å². The zero-order chi connectivity index (χ0) is 6.85. The van der Waals surface area contributed by atoms with Crippen LogP contribution >= 0.6 is 0 Å². The number of rotatable bonds is 1. The van der Waals surface area contributed by atoms with Gasteiger partial charge in [-0.25, -0.2) is 0 Å². The van der Waals surface area contributed by atoms with Gasteiger partial charge in [-0.3, -0.25) is 4.79 Å². The second kappa shape index (κ2) is 2.10. The van der Waals surface area contributed by atoms with Gasteiger partial charge in [0.15, 0.2) is 0 Å². The third kappa shape index (κ3) is 0.787. The van der Waals surface area contributed by atoms with E-state index in [2.05, 4.69) is 11.2 Å². The number of hydrogen-bond donors (Lipinski definition) is 1. The zero-order valence-electron chi connectivity index (χ0n) is 5.35. The summed E-state index contributed by atoms with van der Waals surface area (Å²) >= 11 is 0. The minimum Gasteiger partial charge on any atom is -0.341 e. The number of nitrogens with one attached hydrogen (secondary N) is 1. The lowest BCUT2D eigenvalue weighted by Crippen LogP contribution is -2.56. The van der Waals surface area contributed by atoms with Gasteiger partial charge in [-0.05, 0) is 6.42 Å². The minimum atomic E-state index is 0.00231. The van der Waals surface area contributed by atoms with Gasteiger partial charge >= 0.3 is 0 Å². The fraction of sp³-hybridized carbons (Fsp3) is 0.571. The van der Waals surface area contributed by atoms with Crippen LogP contribution < -0.4 is 5.32 Å². The van der Waals surface area contributed by atoms with Crippen LogP contribution in [0.4, 0.5) is 0 Å². The maximum Gasteiger partial charge on any atom is 0.227 e. The third-order valence-electron chi connectivity index (χ3n) is 1.66. The van der Waals surface area contributed by atoms with Crippen molar-refractivity contribution in [1.82, 2.24) is 5.32 Å². The Labute approximate surface area is 54.6 Å². The van der Waals surface area contributed by atoms with Gasteiger partial charge in [-0.2, -0.15) is 0 Å². The standard InChI is InChI=1S/C7H9NO/c1-3-5-6(4-2)8-7(5)9/h2,5-6H,3H2,1H3,(H,8,9). The number of β-lactam (4-membered cyclic amide) rings is 1. The van der Waals surface area contributed by atoms with Crippen LogP contribution in [-0.4, -0.2) is 11.9 Å². The normalized spacial score (nSPS) is 32.2. The molecule has 1 aliphatic rings. The van der Waals surface area contributed by atoms with Crippen molar-refractivity contribution in [3.8, 4) is 12.3 Å². The largest absolute Gasteiger partial charge is 0.341 e. The Morgan fingerprint density at radius 2 is 2.56 bits per heavy atom. The van der Waals surface area contributed by atoms with Crippen molar-refractivity contribution in [1.29, 1.82) is 0 Å². The Balaban J connectivity index is 2.50. The maximum absolute atomic E-state index is 10.6. The summed E-state index contributed by atoms with van der Waals surface area (Å²) < 4.78 is 0. The Bertz CT molecular complexity index is 168. The van der Waals surface area contributed by atoms with Crippen molar-refractivity contribution < 1.29 is 4.79 Å². The summed E-state index contributed by atoms with van der Waals surface area (Å²) in [5.41, 5.74) is 0. The van der Waals surface area contributed by atoms with E-state index >= 15 is 0 Å². The predicted molar refractivity (Wildman–Crippen MR) is 34.5 cm³/mol. The lowest BCUT2D eigenvalue weighted by Gasteiger charge is -2.31. The molecule has 2 heteroatoms. The van der Waals surface area contributed by atoms with Crippen LogP contribution in [0, 0.1) is 18.3 Å². The summed E-state index contributed by atoms with van der Waals surface area (Å²) in [5, 5.41) is 2.62. The van der Waals surface area contributed by atoms with Gasteiger partial charge in [0, 0.05) is 0 Å². The van der Waals surface area contributed by atoms with Gasteiger partial charge in [0.05, 0.1) is 5.92 Å². The molecule has 1 saturated heterocycles. The number of carbonyl (C=O) groups is 1. The second-order valence-electron chi connectivity index (χ2n) is 2.17. The van der Waals surface area contributed by atoms with E-state index in [4.69, 9.17) is 6.42 Å². The Morgan fingerprint density at radius 1 is 1.89 bits per heavy atom. The number of amides is 1. The Morgan fingerprint density at radius 3 is 2.78 bits per heavy atom. The highest BCUT2D eigenvalue weighted by molar-refractivity contribution is 5.86. The van der Waals surface area contributed by atoms with Crippen LogP contribution in [0.1, 0.15) is 13.3 Å². The van der Waals surface area contributed by atoms with Crippen molar-refractivity contribution in [2.24, 2.45) is 5.92 Å². The number of terminal acetylenes is 1. The number of hydrogen-bond acceptors (Lipinski definition) is 1. The summed E-state index contributed by atoms with van der Waals surface area (Å²) in [6.07, 6.45) is 5.95. The number of carbonyl (C=O) groups excluding carboxylic acids is 1. The van der Waals surface area contributed by atoms with E-state index in [1.165, 1.54) is 0 Å². The first kappa shape index (κ1) is 6.15. The highest BCUT2D eigenvalue weighted by Gasteiger charge is 2.35. The average Bonchev–Trinajstić information content (AvgIpc) is 1.83. The molecule has 1 fully saturated rings. The predicted octanol–water partition coefficient (Wildman–Crippen LogP) is 0.144. The van der Waals surface area contributed by atoms with Crippen LogP contribution in [0.2, 0.25) is 0 Å². The molecule has 2 unspecified atom stereocenters. The smallest absolute Gasteiger partial charge is 0.227 e. The van der Waals surface area contributed by atoms with E-state index < -0.39 is 0 Å². The zero-order valence-corrected chi connectivity index (χ0v) is 5.35. The lowest BCUT2D eigenvalue weighted by molar-refractivity contribution is -0.133. The minimum absolute atomic E-state index is 0.00231. The van der Waals surface area contributed by atoms with Gasteiger partial charge in [-0.1, -0.05) is 12.8 Å². The first-order valence-electron chi connectivity index (χ1n) is 3.06. The lowest BCUT2D eigenvalue weighted by atomic mass is 9.89. The Hall–Kier alpha value is -0.970. The summed E-state index contributed by atoms with van der Waals surface area (Å²) in [6, 6.07) is 0.00231. The quantitative estimate of drug-likeness (QED) is 0.390. The molecule has 1 aliphatic heterocycles.